The largest absolute Gasteiger partial charge is 0.395 e. The monoisotopic (exact) mass is 270 g/mol. The SMILES string of the molecule is Cc1nc(C)c(C(=O)CCN(CCO)C(C)C)s1. The molecule has 0 fully saturated rings. The molecule has 0 aromatic carbocycles. The van der Waals surface area contributed by atoms with Crippen LogP contribution in [-0.2, 0) is 0 Å². The Morgan fingerprint density at radius 3 is 2.50 bits per heavy atom. The maximum absolute atomic E-state index is 12.1. The van der Waals surface area contributed by atoms with Gasteiger partial charge in [-0.1, -0.05) is 0 Å². The van der Waals surface area contributed by atoms with E-state index in [0.29, 0.717) is 25.6 Å². The van der Waals surface area contributed by atoms with Crippen molar-refractivity contribution in [3.63, 3.8) is 0 Å². The molecule has 0 unspecified atom stereocenters. The number of nitrogens with zero attached hydrogens (tertiary/aromatic N) is 2. The van der Waals surface area contributed by atoms with Crippen LogP contribution in [0, 0.1) is 13.8 Å². The van der Waals surface area contributed by atoms with E-state index in [1.807, 2.05) is 13.8 Å². The molecule has 1 aromatic rings. The fourth-order valence-corrected chi connectivity index (χ4v) is 2.79. The van der Waals surface area contributed by atoms with E-state index in [9.17, 15) is 4.79 Å². The number of hydrogen-bond acceptors (Lipinski definition) is 5. The molecule has 18 heavy (non-hydrogen) atoms. The summed E-state index contributed by atoms with van der Waals surface area (Å²) in [5.41, 5.74) is 0.834. The Balaban J connectivity index is 2.57. The van der Waals surface area contributed by atoms with Crippen LogP contribution in [0.3, 0.4) is 0 Å². The lowest BCUT2D eigenvalue weighted by Gasteiger charge is -2.24. The molecule has 0 aliphatic rings. The topological polar surface area (TPSA) is 53.4 Å². The molecule has 0 amide bonds. The van der Waals surface area contributed by atoms with Crippen molar-refractivity contribution in [1.29, 1.82) is 0 Å². The third-order valence-electron chi connectivity index (χ3n) is 2.90. The van der Waals surface area contributed by atoms with E-state index in [4.69, 9.17) is 5.11 Å². The van der Waals surface area contributed by atoms with Gasteiger partial charge in [0.2, 0.25) is 0 Å². The maximum Gasteiger partial charge on any atom is 0.175 e. The second-order valence-electron chi connectivity index (χ2n) is 4.67. The van der Waals surface area contributed by atoms with Gasteiger partial charge in [-0.05, 0) is 27.7 Å². The zero-order chi connectivity index (χ0) is 13.7. The zero-order valence-corrected chi connectivity index (χ0v) is 12.4. The van der Waals surface area contributed by atoms with Crippen LogP contribution < -0.4 is 0 Å². The van der Waals surface area contributed by atoms with Crippen LogP contribution in [-0.4, -0.2) is 46.5 Å². The van der Waals surface area contributed by atoms with Crippen molar-refractivity contribution >= 4 is 17.1 Å². The van der Waals surface area contributed by atoms with Crippen LogP contribution in [0.5, 0.6) is 0 Å². The Morgan fingerprint density at radius 1 is 1.39 bits per heavy atom. The average molecular weight is 270 g/mol. The maximum atomic E-state index is 12.1. The summed E-state index contributed by atoms with van der Waals surface area (Å²) in [5.74, 6) is 0.154. The third kappa shape index (κ3) is 4.15. The highest BCUT2D eigenvalue weighted by Gasteiger charge is 2.16. The average Bonchev–Trinajstić information content (AvgIpc) is 2.63. The molecule has 102 valence electrons. The molecule has 1 heterocycles. The van der Waals surface area contributed by atoms with Gasteiger partial charge >= 0.3 is 0 Å². The van der Waals surface area contributed by atoms with Crippen molar-refractivity contribution in [2.45, 2.75) is 40.2 Å². The van der Waals surface area contributed by atoms with Crippen molar-refractivity contribution in [1.82, 2.24) is 9.88 Å². The molecule has 0 atom stereocenters. The second kappa shape index (κ2) is 6.97. The van der Waals surface area contributed by atoms with Gasteiger partial charge in [0.15, 0.2) is 5.78 Å². The molecule has 0 saturated heterocycles. The molecule has 1 aromatic heterocycles. The normalized spacial score (nSPS) is 11.5. The van der Waals surface area contributed by atoms with Gasteiger partial charge in [0.05, 0.1) is 22.2 Å². The van der Waals surface area contributed by atoms with Gasteiger partial charge in [-0.2, -0.15) is 0 Å². The number of carbonyl (C=O) groups excluding carboxylic acids is 1. The Morgan fingerprint density at radius 2 is 2.06 bits per heavy atom. The lowest BCUT2D eigenvalue weighted by atomic mass is 10.2. The molecule has 0 aliphatic heterocycles. The number of aryl methyl sites for hydroxylation is 2. The quantitative estimate of drug-likeness (QED) is 0.770. The Labute approximate surface area is 113 Å². The minimum absolute atomic E-state index is 0.130. The first kappa shape index (κ1) is 15.3. The Kier molecular flexibility index (Phi) is 5.91. The highest BCUT2D eigenvalue weighted by Crippen LogP contribution is 2.19. The van der Waals surface area contributed by atoms with E-state index in [1.165, 1.54) is 11.3 Å². The van der Waals surface area contributed by atoms with Crippen LogP contribution in [0.1, 0.15) is 40.6 Å². The molecule has 4 nitrogen and oxygen atoms in total. The number of thiazole rings is 1. The fourth-order valence-electron chi connectivity index (χ4n) is 1.91. The second-order valence-corrected chi connectivity index (χ2v) is 5.88. The van der Waals surface area contributed by atoms with E-state index < -0.39 is 0 Å². The highest BCUT2D eigenvalue weighted by atomic mass is 32.1. The summed E-state index contributed by atoms with van der Waals surface area (Å²) in [6.45, 7) is 9.37. The van der Waals surface area contributed by atoms with Crippen LogP contribution in [0.4, 0.5) is 0 Å². The van der Waals surface area contributed by atoms with E-state index in [1.54, 1.807) is 0 Å². The number of rotatable bonds is 7. The molecule has 0 aliphatic carbocycles. The number of aromatic nitrogens is 1. The summed E-state index contributed by atoms with van der Waals surface area (Å²) in [6, 6.07) is 0.342. The van der Waals surface area contributed by atoms with Gasteiger partial charge in [-0.15, -0.1) is 11.3 Å². The first-order chi connectivity index (χ1) is 8.45. The lowest BCUT2D eigenvalue weighted by molar-refractivity contribution is 0.0947. The van der Waals surface area contributed by atoms with E-state index in [0.717, 1.165) is 15.6 Å². The molecular formula is C13H22N2O2S. The number of aliphatic hydroxyl groups is 1. The minimum Gasteiger partial charge on any atom is -0.395 e. The molecule has 1 N–H and O–H groups in total. The van der Waals surface area contributed by atoms with E-state index in [-0.39, 0.29) is 12.4 Å². The molecule has 5 heteroatoms. The van der Waals surface area contributed by atoms with Crippen LogP contribution in [0.2, 0.25) is 0 Å². The predicted molar refractivity (Wildman–Crippen MR) is 74.3 cm³/mol. The van der Waals surface area contributed by atoms with Gasteiger partial charge in [0.1, 0.15) is 0 Å². The van der Waals surface area contributed by atoms with Crippen molar-refractivity contribution in [2.75, 3.05) is 19.7 Å². The van der Waals surface area contributed by atoms with Gasteiger partial charge in [-0.25, -0.2) is 4.98 Å². The van der Waals surface area contributed by atoms with Crippen LogP contribution in [0.25, 0.3) is 0 Å². The summed E-state index contributed by atoms with van der Waals surface area (Å²) in [4.78, 5) is 19.3. The van der Waals surface area contributed by atoms with Crippen molar-refractivity contribution < 1.29 is 9.90 Å². The molecule has 0 bridgehead atoms. The number of aliphatic hydroxyl groups excluding tert-OH is 1. The van der Waals surface area contributed by atoms with Gasteiger partial charge in [0.25, 0.3) is 0 Å². The standard InChI is InChI=1S/C13H22N2O2S/c1-9(2)15(7-8-16)6-5-12(17)13-10(3)14-11(4)18-13/h9,16H,5-8H2,1-4H3. The first-order valence-corrected chi connectivity index (χ1v) is 7.09. The van der Waals surface area contributed by atoms with Crippen molar-refractivity contribution in [2.24, 2.45) is 0 Å². The Hall–Kier alpha value is -0.780. The Bertz CT molecular complexity index is 402. The zero-order valence-electron chi connectivity index (χ0n) is 11.6. The summed E-state index contributed by atoms with van der Waals surface area (Å²) < 4.78 is 0. The van der Waals surface area contributed by atoms with E-state index in [2.05, 4.69) is 23.7 Å². The highest BCUT2D eigenvalue weighted by molar-refractivity contribution is 7.13. The van der Waals surface area contributed by atoms with E-state index >= 15 is 0 Å². The summed E-state index contributed by atoms with van der Waals surface area (Å²) >= 11 is 1.47. The molecule has 1 rings (SSSR count). The molecule has 0 radical (unpaired) electrons. The number of hydrogen-bond donors (Lipinski definition) is 1. The van der Waals surface area contributed by atoms with Crippen LogP contribution >= 0.6 is 11.3 Å². The summed E-state index contributed by atoms with van der Waals surface area (Å²) in [7, 11) is 0. The number of Topliss-reactive ketones (excluding diaryl/α,β-unsaturated/α-hetero) is 1. The molecule has 0 saturated carbocycles. The van der Waals surface area contributed by atoms with Gasteiger partial charge < -0.3 is 5.11 Å². The fraction of sp³-hybridized carbons (Fsp3) is 0.692. The molecular weight excluding hydrogens is 248 g/mol. The van der Waals surface area contributed by atoms with Crippen molar-refractivity contribution in [3.05, 3.63) is 15.6 Å². The third-order valence-corrected chi connectivity index (χ3v) is 4.01. The summed E-state index contributed by atoms with van der Waals surface area (Å²) in [5, 5.41) is 9.92. The van der Waals surface area contributed by atoms with Gasteiger partial charge in [0, 0.05) is 25.6 Å². The van der Waals surface area contributed by atoms with Gasteiger partial charge in [-0.3, -0.25) is 9.69 Å². The number of ketones is 1. The van der Waals surface area contributed by atoms with Crippen molar-refractivity contribution in [3.8, 4) is 0 Å². The summed E-state index contributed by atoms with van der Waals surface area (Å²) in [6.07, 6.45) is 0.487. The number of carbonyl (C=O) groups is 1. The molecule has 0 spiro atoms. The van der Waals surface area contributed by atoms with Crippen LogP contribution in [0.15, 0.2) is 0 Å². The smallest absolute Gasteiger partial charge is 0.175 e. The minimum atomic E-state index is 0.130. The first-order valence-electron chi connectivity index (χ1n) is 6.27. The predicted octanol–water partition coefficient (Wildman–Crippen LogP) is 2.04. The lowest BCUT2D eigenvalue weighted by Crippen LogP contribution is -2.35.